The Bertz CT molecular complexity index is 638. The second-order valence-corrected chi connectivity index (χ2v) is 8.68. The van der Waals surface area contributed by atoms with E-state index in [9.17, 15) is 8.42 Å². The monoisotopic (exact) mass is 359 g/mol. The van der Waals surface area contributed by atoms with Crippen LogP contribution in [0.25, 0.3) is 0 Å². The molecule has 1 aromatic carbocycles. The predicted molar refractivity (Wildman–Crippen MR) is 82.1 cm³/mol. The van der Waals surface area contributed by atoms with E-state index in [4.69, 9.17) is 0 Å². The van der Waals surface area contributed by atoms with Crippen molar-refractivity contribution in [1.82, 2.24) is 4.72 Å². The van der Waals surface area contributed by atoms with Crippen LogP contribution >= 0.6 is 27.3 Å². The minimum absolute atomic E-state index is 0.138. The molecule has 0 amide bonds. The fourth-order valence-electron chi connectivity index (χ4n) is 1.65. The fraction of sp³-hybridized carbons (Fsp3) is 0.231. The Morgan fingerprint density at radius 1 is 1.21 bits per heavy atom. The van der Waals surface area contributed by atoms with Gasteiger partial charge in [0.25, 0.3) is 0 Å². The topological polar surface area (TPSA) is 46.2 Å². The zero-order valence-corrected chi connectivity index (χ0v) is 13.6. The Labute approximate surface area is 125 Å². The molecule has 19 heavy (non-hydrogen) atoms. The molecule has 1 atom stereocenters. The molecule has 0 aliphatic heterocycles. The molecule has 0 aliphatic rings. The summed E-state index contributed by atoms with van der Waals surface area (Å²) in [6, 6.07) is 13.2. The van der Waals surface area contributed by atoms with E-state index in [-0.39, 0.29) is 5.92 Å². The summed E-state index contributed by atoms with van der Waals surface area (Å²) in [7, 11) is -3.40. The zero-order valence-electron chi connectivity index (χ0n) is 10.3. The smallest absolute Gasteiger partial charge is 0.210 e. The molecule has 1 aromatic heterocycles. The maximum atomic E-state index is 12.1. The van der Waals surface area contributed by atoms with Gasteiger partial charge in [-0.3, -0.25) is 0 Å². The molecule has 0 fully saturated rings. The molecule has 0 unspecified atom stereocenters. The molecule has 3 nitrogen and oxygen atoms in total. The summed E-state index contributed by atoms with van der Waals surface area (Å²) in [6.07, 6.45) is 0. The quantitative estimate of drug-likeness (QED) is 0.886. The fourth-order valence-corrected chi connectivity index (χ4v) is 4.83. The van der Waals surface area contributed by atoms with E-state index in [2.05, 4.69) is 20.7 Å². The molecule has 0 saturated heterocycles. The first-order chi connectivity index (χ1) is 8.99. The summed E-state index contributed by atoms with van der Waals surface area (Å²) in [6.45, 7) is 2.39. The molecular formula is C13H14BrNO2S2. The van der Waals surface area contributed by atoms with Crippen LogP contribution in [-0.4, -0.2) is 15.0 Å². The molecule has 0 saturated carbocycles. The van der Waals surface area contributed by atoms with Crippen molar-refractivity contribution in [1.29, 1.82) is 0 Å². The SMILES string of the molecule is C[C@@H](CNS(=O)(=O)c1ccc(Br)s1)c1ccccc1. The Morgan fingerprint density at radius 3 is 2.47 bits per heavy atom. The van der Waals surface area contributed by atoms with E-state index in [0.29, 0.717) is 10.8 Å². The van der Waals surface area contributed by atoms with E-state index in [1.165, 1.54) is 11.3 Å². The van der Waals surface area contributed by atoms with Gasteiger partial charge in [-0.2, -0.15) is 0 Å². The van der Waals surface area contributed by atoms with Gasteiger partial charge in [0.05, 0.1) is 3.79 Å². The van der Waals surface area contributed by atoms with Crippen LogP contribution < -0.4 is 4.72 Å². The molecule has 0 radical (unpaired) electrons. The number of nitrogens with one attached hydrogen (secondary N) is 1. The highest BCUT2D eigenvalue weighted by atomic mass is 79.9. The molecule has 102 valence electrons. The summed E-state index contributed by atoms with van der Waals surface area (Å²) in [4.78, 5) is 0. The van der Waals surface area contributed by atoms with Crippen LogP contribution in [0.5, 0.6) is 0 Å². The summed E-state index contributed by atoms with van der Waals surface area (Å²) in [5.74, 6) is 0.138. The molecular weight excluding hydrogens is 346 g/mol. The van der Waals surface area contributed by atoms with Crippen molar-refractivity contribution in [3.8, 4) is 0 Å². The second-order valence-electron chi connectivity index (χ2n) is 4.22. The average Bonchev–Trinajstić information content (AvgIpc) is 2.85. The summed E-state index contributed by atoms with van der Waals surface area (Å²) in [5.41, 5.74) is 1.12. The van der Waals surface area contributed by atoms with Crippen LogP contribution in [0, 0.1) is 0 Å². The van der Waals surface area contributed by atoms with Gasteiger partial charge in [-0.1, -0.05) is 37.3 Å². The summed E-state index contributed by atoms with van der Waals surface area (Å²) in [5, 5.41) is 0. The van der Waals surface area contributed by atoms with Crippen LogP contribution in [0.2, 0.25) is 0 Å². The summed E-state index contributed by atoms with van der Waals surface area (Å²) >= 11 is 4.48. The van der Waals surface area contributed by atoms with Crippen LogP contribution in [-0.2, 0) is 10.0 Å². The molecule has 1 N–H and O–H groups in total. The largest absolute Gasteiger partial charge is 0.250 e. The van der Waals surface area contributed by atoms with Gasteiger partial charge in [0, 0.05) is 6.54 Å². The first-order valence-electron chi connectivity index (χ1n) is 5.79. The lowest BCUT2D eigenvalue weighted by molar-refractivity contribution is 0.577. The maximum Gasteiger partial charge on any atom is 0.250 e. The Hall–Kier alpha value is -0.690. The van der Waals surface area contributed by atoms with Gasteiger partial charge in [-0.15, -0.1) is 11.3 Å². The molecule has 0 spiro atoms. The Balaban J connectivity index is 2.03. The van der Waals surface area contributed by atoms with Crippen molar-refractivity contribution in [2.75, 3.05) is 6.54 Å². The van der Waals surface area contributed by atoms with Crippen molar-refractivity contribution in [3.63, 3.8) is 0 Å². The van der Waals surface area contributed by atoms with Gasteiger partial charge in [-0.05, 0) is 39.5 Å². The van der Waals surface area contributed by atoms with Gasteiger partial charge in [0.15, 0.2) is 0 Å². The third kappa shape index (κ3) is 3.89. The number of sulfonamides is 1. The third-order valence-corrected chi connectivity index (χ3v) is 6.30. The van der Waals surface area contributed by atoms with Crippen LogP contribution in [0.15, 0.2) is 50.5 Å². The van der Waals surface area contributed by atoms with Gasteiger partial charge in [0.2, 0.25) is 10.0 Å². The van der Waals surface area contributed by atoms with Crippen LogP contribution in [0.4, 0.5) is 0 Å². The second kappa shape index (κ2) is 6.17. The minimum atomic E-state index is -3.40. The number of thiophene rings is 1. The van der Waals surface area contributed by atoms with E-state index in [1.807, 2.05) is 37.3 Å². The standard InChI is InChI=1S/C13H14BrNO2S2/c1-10(11-5-3-2-4-6-11)9-15-19(16,17)13-8-7-12(14)18-13/h2-8,10,15H,9H2,1H3/t10-/m0/s1. The molecule has 2 aromatic rings. The highest BCUT2D eigenvalue weighted by Crippen LogP contribution is 2.26. The Kier molecular flexibility index (Phi) is 4.78. The minimum Gasteiger partial charge on any atom is -0.210 e. The lowest BCUT2D eigenvalue weighted by Gasteiger charge is -2.12. The van der Waals surface area contributed by atoms with E-state index in [1.54, 1.807) is 12.1 Å². The molecule has 0 aliphatic carbocycles. The summed E-state index contributed by atoms with van der Waals surface area (Å²) < 4.78 is 27.9. The van der Waals surface area contributed by atoms with Crippen molar-refractivity contribution in [3.05, 3.63) is 51.8 Å². The lowest BCUT2D eigenvalue weighted by Crippen LogP contribution is -2.27. The normalized spacial score (nSPS) is 13.4. The maximum absolute atomic E-state index is 12.1. The van der Waals surface area contributed by atoms with Crippen molar-refractivity contribution < 1.29 is 8.42 Å². The first-order valence-corrected chi connectivity index (χ1v) is 8.88. The first kappa shape index (κ1) is 14.7. The zero-order chi connectivity index (χ0) is 13.9. The molecule has 1 heterocycles. The van der Waals surface area contributed by atoms with Crippen molar-refractivity contribution in [2.45, 2.75) is 17.1 Å². The average molecular weight is 360 g/mol. The third-order valence-electron chi connectivity index (χ3n) is 2.76. The predicted octanol–water partition coefficient (Wildman–Crippen LogP) is 3.59. The van der Waals surface area contributed by atoms with Gasteiger partial charge >= 0.3 is 0 Å². The van der Waals surface area contributed by atoms with Gasteiger partial charge in [-0.25, -0.2) is 13.1 Å². The number of rotatable bonds is 5. The van der Waals surface area contributed by atoms with Crippen LogP contribution in [0.3, 0.4) is 0 Å². The number of benzene rings is 1. The van der Waals surface area contributed by atoms with E-state index < -0.39 is 10.0 Å². The van der Waals surface area contributed by atoms with Crippen LogP contribution in [0.1, 0.15) is 18.4 Å². The Morgan fingerprint density at radius 2 is 1.89 bits per heavy atom. The van der Waals surface area contributed by atoms with Gasteiger partial charge < -0.3 is 0 Å². The lowest BCUT2D eigenvalue weighted by atomic mass is 10.0. The highest BCUT2D eigenvalue weighted by molar-refractivity contribution is 9.11. The van der Waals surface area contributed by atoms with E-state index in [0.717, 1.165) is 9.35 Å². The van der Waals surface area contributed by atoms with E-state index >= 15 is 0 Å². The van der Waals surface area contributed by atoms with Crippen molar-refractivity contribution in [2.24, 2.45) is 0 Å². The molecule has 0 bridgehead atoms. The molecule has 6 heteroatoms. The molecule has 2 rings (SSSR count). The van der Waals surface area contributed by atoms with Gasteiger partial charge in [0.1, 0.15) is 4.21 Å². The van der Waals surface area contributed by atoms with Crippen molar-refractivity contribution >= 4 is 37.3 Å². The number of hydrogen-bond donors (Lipinski definition) is 1. The number of halogens is 1. The number of hydrogen-bond acceptors (Lipinski definition) is 3. The highest BCUT2D eigenvalue weighted by Gasteiger charge is 2.17.